The maximum atomic E-state index is 6.28. The van der Waals surface area contributed by atoms with Gasteiger partial charge in [-0.1, -0.05) is 53.0 Å². The molecule has 0 spiro atoms. The Balaban J connectivity index is 1.61. The lowest BCUT2D eigenvalue weighted by Gasteiger charge is -2.34. The second-order valence-electron chi connectivity index (χ2n) is 5.61. The van der Waals surface area contributed by atoms with E-state index < -0.39 is 0 Å². The van der Waals surface area contributed by atoms with Crippen LogP contribution in [0.25, 0.3) is 0 Å². The Morgan fingerprint density at radius 1 is 0.955 bits per heavy atom. The van der Waals surface area contributed by atoms with Crippen LogP contribution >= 0.6 is 34.8 Å². The van der Waals surface area contributed by atoms with Crippen molar-refractivity contribution in [1.82, 2.24) is 0 Å². The maximum absolute atomic E-state index is 6.28. The number of hydrogen-bond acceptors (Lipinski definition) is 1. The van der Waals surface area contributed by atoms with Gasteiger partial charge in [0.05, 0.1) is 36.2 Å². The van der Waals surface area contributed by atoms with Crippen molar-refractivity contribution in [3.05, 3.63) is 63.1 Å². The average molecular weight is 357 g/mol. The Kier molecular flexibility index (Phi) is 5.14. The molecule has 0 amide bonds. The van der Waals surface area contributed by atoms with Gasteiger partial charge in [0.15, 0.2) is 0 Å². The molecule has 1 heterocycles. The largest absolute Gasteiger partial charge is 0.360 e. The van der Waals surface area contributed by atoms with E-state index in [9.17, 15) is 0 Å². The number of halogens is 3. The summed E-state index contributed by atoms with van der Waals surface area (Å²) in [6, 6.07) is 13.9. The molecule has 0 radical (unpaired) electrons. The highest BCUT2D eigenvalue weighted by Crippen LogP contribution is 2.25. The van der Waals surface area contributed by atoms with Crippen LogP contribution in [0.15, 0.2) is 42.5 Å². The number of quaternary nitrogens is 1. The Bertz CT molecular complexity index is 652. The van der Waals surface area contributed by atoms with Gasteiger partial charge in [-0.25, -0.2) is 0 Å². The molecule has 1 aliphatic heterocycles. The van der Waals surface area contributed by atoms with Crippen LogP contribution in [0.4, 0.5) is 5.69 Å². The standard InChI is InChI=1S/C17H17Cl3N2/c18-14-4-2-5-15(11-14)22-9-7-21(8-10-22)12-13-3-1-6-16(19)17(13)20/h1-6,11H,7-10,12H2/p+1. The fourth-order valence-electron chi connectivity index (χ4n) is 2.89. The topological polar surface area (TPSA) is 7.68 Å². The first kappa shape index (κ1) is 15.9. The minimum Gasteiger partial charge on any atom is -0.360 e. The molecule has 1 saturated heterocycles. The van der Waals surface area contributed by atoms with Gasteiger partial charge in [-0.3, -0.25) is 0 Å². The zero-order chi connectivity index (χ0) is 15.5. The molecule has 0 bridgehead atoms. The van der Waals surface area contributed by atoms with Gasteiger partial charge >= 0.3 is 0 Å². The third-order valence-corrected chi connectivity index (χ3v) is 5.21. The van der Waals surface area contributed by atoms with Gasteiger partial charge in [0.25, 0.3) is 0 Å². The average Bonchev–Trinajstić information content (AvgIpc) is 2.53. The first-order valence-corrected chi connectivity index (χ1v) is 8.54. The Hall–Kier alpha value is -0.930. The molecule has 5 heteroatoms. The summed E-state index contributed by atoms with van der Waals surface area (Å²) in [6.07, 6.45) is 0. The molecule has 3 rings (SSSR count). The number of rotatable bonds is 3. The van der Waals surface area contributed by atoms with E-state index in [1.54, 1.807) is 0 Å². The van der Waals surface area contributed by atoms with E-state index in [-0.39, 0.29) is 0 Å². The van der Waals surface area contributed by atoms with Gasteiger partial charge in [-0.05, 0) is 24.3 Å². The van der Waals surface area contributed by atoms with Crippen molar-refractivity contribution in [2.75, 3.05) is 31.1 Å². The van der Waals surface area contributed by atoms with Crippen molar-refractivity contribution in [1.29, 1.82) is 0 Å². The highest BCUT2D eigenvalue weighted by Gasteiger charge is 2.21. The summed E-state index contributed by atoms with van der Waals surface area (Å²) >= 11 is 18.4. The minimum atomic E-state index is 0.635. The van der Waals surface area contributed by atoms with E-state index in [2.05, 4.69) is 17.0 Å². The van der Waals surface area contributed by atoms with Crippen molar-refractivity contribution < 1.29 is 4.90 Å². The lowest BCUT2D eigenvalue weighted by atomic mass is 10.2. The number of anilines is 1. The molecular formula is C17H18Cl3N2+. The van der Waals surface area contributed by atoms with Gasteiger partial charge in [0.1, 0.15) is 6.54 Å². The summed E-state index contributed by atoms with van der Waals surface area (Å²) < 4.78 is 0. The zero-order valence-electron chi connectivity index (χ0n) is 12.2. The lowest BCUT2D eigenvalue weighted by molar-refractivity contribution is -0.914. The van der Waals surface area contributed by atoms with E-state index in [0.717, 1.165) is 43.3 Å². The molecule has 0 atom stereocenters. The number of piperazine rings is 1. The molecule has 1 N–H and O–H groups in total. The molecule has 2 aromatic carbocycles. The third kappa shape index (κ3) is 3.69. The summed E-state index contributed by atoms with van der Waals surface area (Å²) in [6.45, 7) is 5.12. The van der Waals surface area contributed by atoms with Crippen molar-refractivity contribution in [2.24, 2.45) is 0 Å². The highest BCUT2D eigenvalue weighted by atomic mass is 35.5. The van der Waals surface area contributed by atoms with E-state index >= 15 is 0 Å². The summed E-state index contributed by atoms with van der Waals surface area (Å²) in [5.41, 5.74) is 2.33. The SMILES string of the molecule is Clc1cccc(N2CC[NH+](Cc3cccc(Cl)c3Cl)CC2)c1. The number of nitrogens with one attached hydrogen (secondary N) is 1. The van der Waals surface area contributed by atoms with Crippen molar-refractivity contribution in [3.63, 3.8) is 0 Å². The van der Waals surface area contributed by atoms with Gasteiger partial charge in [0.2, 0.25) is 0 Å². The van der Waals surface area contributed by atoms with Crippen molar-refractivity contribution in [3.8, 4) is 0 Å². The van der Waals surface area contributed by atoms with Crippen molar-refractivity contribution in [2.45, 2.75) is 6.54 Å². The van der Waals surface area contributed by atoms with Crippen LogP contribution in [-0.4, -0.2) is 26.2 Å². The van der Waals surface area contributed by atoms with E-state index in [1.807, 2.05) is 30.3 Å². The highest BCUT2D eigenvalue weighted by molar-refractivity contribution is 6.42. The number of benzene rings is 2. The summed E-state index contributed by atoms with van der Waals surface area (Å²) in [5.74, 6) is 0. The maximum Gasteiger partial charge on any atom is 0.104 e. The van der Waals surface area contributed by atoms with E-state index in [0.29, 0.717) is 10.0 Å². The second-order valence-corrected chi connectivity index (χ2v) is 6.83. The van der Waals surface area contributed by atoms with Crippen LogP contribution in [0.5, 0.6) is 0 Å². The first-order chi connectivity index (χ1) is 10.6. The summed E-state index contributed by atoms with van der Waals surface area (Å²) in [4.78, 5) is 3.91. The van der Waals surface area contributed by atoms with Crippen molar-refractivity contribution >= 4 is 40.5 Å². The quantitative estimate of drug-likeness (QED) is 0.883. The smallest absolute Gasteiger partial charge is 0.104 e. The molecule has 2 aromatic rings. The van der Waals surface area contributed by atoms with Gasteiger partial charge in [-0.2, -0.15) is 0 Å². The molecule has 0 unspecified atom stereocenters. The number of nitrogens with zero attached hydrogens (tertiary/aromatic N) is 1. The molecule has 0 aliphatic carbocycles. The lowest BCUT2D eigenvalue weighted by Crippen LogP contribution is -3.13. The summed E-state index contributed by atoms with van der Waals surface area (Å²) in [5, 5.41) is 2.11. The van der Waals surface area contributed by atoms with Crippen LogP contribution in [0.3, 0.4) is 0 Å². The van der Waals surface area contributed by atoms with Gasteiger partial charge in [0, 0.05) is 16.3 Å². The number of hydrogen-bond donors (Lipinski definition) is 1. The molecule has 2 nitrogen and oxygen atoms in total. The fraction of sp³-hybridized carbons (Fsp3) is 0.294. The van der Waals surface area contributed by atoms with Crippen LogP contribution in [0, 0.1) is 0 Å². The van der Waals surface area contributed by atoms with Crippen LogP contribution in [0.2, 0.25) is 15.1 Å². The van der Waals surface area contributed by atoms with E-state index in [4.69, 9.17) is 34.8 Å². The molecule has 1 aliphatic rings. The predicted molar refractivity (Wildman–Crippen MR) is 94.5 cm³/mol. The minimum absolute atomic E-state index is 0.635. The monoisotopic (exact) mass is 355 g/mol. The zero-order valence-corrected chi connectivity index (χ0v) is 14.4. The predicted octanol–water partition coefficient (Wildman–Crippen LogP) is 3.55. The van der Waals surface area contributed by atoms with Crippen LogP contribution < -0.4 is 9.80 Å². The Morgan fingerprint density at radius 2 is 1.68 bits per heavy atom. The molecule has 0 saturated carbocycles. The molecular weight excluding hydrogens is 339 g/mol. The molecule has 0 aromatic heterocycles. The van der Waals surface area contributed by atoms with Gasteiger partial charge in [-0.15, -0.1) is 0 Å². The summed E-state index contributed by atoms with van der Waals surface area (Å²) in [7, 11) is 0. The fourth-order valence-corrected chi connectivity index (χ4v) is 3.46. The van der Waals surface area contributed by atoms with Crippen LogP contribution in [-0.2, 0) is 6.54 Å². The Labute approximate surface area is 146 Å². The van der Waals surface area contributed by atoms with Gasteiger partial charge < -0.3 is 9.80 Å². The second kappa shape index (κ2) is 7.10. The molecule has 22 heavy (non-hydrogen) atoms. The third-order valence-electron chi connectivity index (χ3n) is 4.12. The Morgan fingerprint density at radius 3 is 2.41 bits per heavy atom. The normalized spacial score (nSPS) is 16.0. The first-order valence-electron chi connectivity index (χ1n) is 7.40. The molecule has 1 fully saturated rings. The molecule has 116 valence electrons. The van der Waals surface area contributed by atoms with Crippen LogP contribution in [0.1, 0.15) is 5.56 Å². The van der Waals surface area contributed by atoms with E-state index in [1.165, 1.54) is 10.6 Å².